The molecule has 0 aromatic heterocycles. The van der Waals surface area contributed by atoms with E-state index in [9.17, 15) is 0 Å². The smallest absolute Gasteiger partial charge is 0.118 e. The Morgan fingerprint density at radius 2 is 2.17 bits per heavy atom. The molecule has 1 saturated heterocycles. The summed E-state index contributed by atoms with van der Waals surface area (Å²) < 4.78 is 11.0. The first-order valence-electron chi connectivity index (χ1n) is 6.15. The lowest BCUT2D eigenvalue weighted by Gasteiger charge is -2.35. The van der Waals surface area contributed by atoms with Crippen LogP contribution >= 0.6 is 0 Å². The first kappa shape index (κ1) is 13.3. The predicted molar refractivity (Wildman–Crippen MR) is 70.3 cm³/mol. The number of benzene rings is 1. The number of nitrogens with zero attached hydrogens (tertiary/aromatic N) is 1. The second-order valence-electron chi connectivity index (χ2n) is 4.59. The average Bonchev–Trinajstić information content (AvgIpc) is 2.40. The van der Waals surface area contributed by atoms with Gasteiger partial charge in [-0.15, -0.1) is 0 Å². The molecule has 3 N–H and O–H groups in total. The molecule has 1 fully saturated rings. The number of hydrazine groups is 1. The summed E-state index contributed by atoms with van der Waals surface area (Å²) in [4.78, 5) is 2.25. The van der Waals surface area contributed by atoms with Gasteiger partial charge in [-0.1, -0.05) is 12.1 Å². The first-order valence-corrected chi connectivity index (χ1v) is 6.15. The van der Waals surface area contributed by atoms with Gasteiger partial charge in [0, 0.05) is 13.1 Å². The fourth-order valence-corrected chi connectivity index (χ4v) is 2.24. The van der Waals surface area contributed by atoms with Crippen LogP contribution in [0.3, 0.4) is 0 Å². The Hall–Kier alpha value is -1.14. The highest BCUT2D eigenvalue weighted by atomic mass is 16.5. The van der Waals surface area contributed by atoms with Crippen molar-refractivity contribution in [2.75, 3.05) is 33.9 Å². The standard InChI is InChI=1S/C13H21N3O2/c1-16-7-8-18-12(9-16)13(15-14)10-3-5-11(17-2)6-4-10/h3-6,12-13,15H,7-9,14H2,1-2H3. The number of hydrogen-bond acceptors (Lipinski definition) is 5. The number of ether oxygens (including phenoxy) is 2. The van der Waals surface area contributed by atoms with Gasteiger partial charge < -0.3 is 14.4 Å². The van der Waals surface area contributed by atoms with E-state index in [1.165, 1.54) is 0 Å². The average molecular weight is 251 g/mol. The molecule has 5 heteroatoms. The molecule has 1 aromatic rings. The van der Waals surface area contributed by atoms with Crippen LogP contribution in [0.5, 0.6) is 5.75 Å². The van der Waals surface area contributed by atoms with Crippen LogP contribution in [0.2, 0.25) is 0 Å². The van der Waals surface area contributed by atoms with Gasteiger partial charge in [0.05, 0.1) is 25.9 Å². The molecule has 2 rings (SSSR count). The largest absolute Gasteiger partial charge is 0.497 e. The number of morpholine rings is 1. The van der Waals surface area contributed by atoms with Crippen molar-refractivity contribution in [1.82, 2.24) is 10.3 Å². The van der Waals surface area contributed by atoms with Crippen molar-refractivity contribution in [2.24, 2.45) is 5.84 Å². The Bertz CT molecular complexity index is 369. The van der Waals surface area contributed by atoms with Gasteiger partial charge >= 0.3 is 0 Å². The monoisotopic (exact) mass is 251 g/mol. The molecule has 1 aromatic carbocycles. The summed E-state index contributed by atoms with van der Waals surface area (Å²) in [6, 6.07) is 7.90. The van der Waals surface area contributed by atoms with Crippen molar-refractivity contribution in [1.29, 1.82) is 0 Å². The number of likely N-dealkylation sites (N-methyl/N-ethyl adjacent to an activating group) is 1. The quantitative estimate of drug-likeness (QED) is 0.604. The van der Waals surface area contributed by atoms with Gasteiger partial charge in [0.1, 0.15) is 5.75 Å². The highest BCUT2D eigenvalue weighted by Gasteiger charge is 2.27. The molecule has 0 aliphatic carbocycles. The molecule has 0 bridgehead atoms. The van der Waals surface area contributed by atoms with E-state index in [1.54, 1.807) is 7.11 Å². The minimum atomic E-state index is -0.00124. The summed E-state index contributed by atoms with van der Waals surface area (Å²) in [7, 11) is 3.75. The summed E-state index contributed by atoms with van der Waals surface area (Å²) in [5, 5.41) is 0. The van der Waals surface area contributed by atoms with E-state index in [2.05, 4.69) is 17.4 Å². The molecule has 0 spiro atoms. The molecule has 18 heavy (non-hydrogen) atoms. The maximum Gasteiger partial charge on any atom is 0.118 e. The third-order valence-corrected chi connectivity index (χ3v) is 3.32. The molecule has 1 aliphatic rings. The van der Waals surface area contributed by atoms with Crippen LogP contribution in [0.1, 0.15) is 11.6 Å². The fourth-order valence-electron chi connectivity index (χ4n) is 2.24. The molecule has 2 unspecified atom stereocenters. The molecular formula is C13H21N3O2. The van der Waals surface area contributed by atoms with Gasteiger partial charge in [0.25, 0.3) is 0 Å². The number of rotatable bonds is 4. The summed E-state index contributed by atoms with van der Waals surface area (Å²) in [6.45, 7) is 2.59. The van der Waals surface area contributed by atoms with E-state index < -0.39 is 0 Å². The Kier molecular flexibility index (Phi) is 4.54. The summed E-state index contributed by atoms with van der Waals surface area (Å²) in [5.41, 5.74) is 3.96. The highest BCUT2D eigenvalue weighted by molar-refractivity contribution is 5.29. The number of nitrogens with two attached hydrogens (primary N) is 1. The van der Waals surface area contributed by atoms with Crippen molar-refractivity contribution in [3.8, 4) is 5.75 Å². The van der Waals surface area contributed by atoms with Crippen molar-refractivity contribution in [2.45, 2.75) is 12.1 Å². The Morgan fingerprint density at radius 3 is 2.72 bits per heavy atom. The van der Waals surface area contributed by atoms with E-state index in [0.717, 1.165) is 31.0 Å². The lowest BCUT2D eigenvalue weighted by atomic mass is 10.0. The molecule has 2 atom stereocenters. The zero-order valence-electron chi connectivity index (χ0n) is 10.9. The minimum Gasteiger partial charge on any atom is -0.497 e. The predicted octanol–water partition coefficient (Wildman–Crippen LogP) is 0.530. The molecule has 0 saturated carbocycles. The molecule has 1 aliphatic heterocycles. The van der Waals surface area contributed by atoms with Crippen LogP contribution in [0, 0.1) is 0 Å². The molecule has 1 heterocycles. The summed E-state index contributed by atoms with van der Waals surface area (Å²) in [5.74, 6) is 6.52. The van der Waals surface area contributed by atoms with Crippen LogP contribution in [-0.2, 0) is 4.74 Å². The maximum atomic E-state index is 5.80. The molecule has 100 valence electrons. The second-order valence-corrected chi connectivity index (χ2v) is 4.59. The lowest BCUT2D eigenvalue weighted by Crippen LogP contribution is -2.48. The van der Waals surface area contributed by atoms with E-state index >= 15 is 0 Å². The summed E-state index contributed by atoms with van der Waals surface area (Å²) in [6.07, 6.45) is 0.0714. The van der Waals surface area contributed by atoms with Crippen molar-refractivity contribution in [3.05, 3.63) is 29.8 Å². The Balaban J connectivity index is 2.11. The van der Waals surface area contributed by atoms with Crippen LogP contribution in [0.4, 0.5) is 0 Å². The number of hydrogen-bond donors (Lipinski definition) is 2. The van der Waals surface area contributed by atoms with Gasteiger partial charge in [-0.3, -0.25) is 11.3 Å². The Labute approximate surface area is 108 Å². The third kappa shape index (κ3) is 3.00. The topological polar surface area (TPSA) is 59.8 Å². The molecular weight excluding hydrogens is 230 g/mol. The maximum absolute atomic E-state index is 5.80. The van der Waals surface area contributed by atoms with Gasteiger partial charge in [0.2, 0.25) is 0 Å². The van der Waals surface area contributed by atoms with Gasteiger partial charge in [-0.2, -0.15) is 0 Å². The van der Waals surface area contributed by atoms with Crippen LogP contribution in [0.25, 0.3) is 0 Å². The van der Waals surface area contributed by atoms with E-state index in [1.807, 2.05) is 24.3 Å². The van der Waals surface area contributed by atoms with Crippen molar-refractivity contribution in [3.63, 3.8) is 0 Å². The van der Waals surface area contributed by atoms with Crippen molar-refractivity contribution >= 4 is 0 Å². The van der Waals surface area contributed by atoms with Crippen molar-refractivity contribution < 1.29 is 9.47 Å². The fraction of sp³-hybridized carbons (Fsp3) is 0.538. The molecule has 0 radical (unpaired) electrons. The highest BCUT2D eigenvalue weighted by Crippen LogP contribution is 2.23. The Morgan fingerprint density at radius 1 is 1.44 bits per heavy atom. The minimum absolute atomic E-state index is 0.00124. The summed E-state index contributed by atoms with van der Waals surface area (Å²) >= 11 is 0. The normalized spacial score (nSPS) is 22.7. The molecule has 0 amide bonds. The number of nitrogens with one attached hydrogen (secondary N) is 1. The van der Waals surface area contributed by atoms with Gasteiger partial charge in [-0.25, -0.2) is 0 Å². The number of methoxy groups -OCH3 is 1. The van der Waals surface area contributed by atoms with E-state index in [-0.39, 0.29) is 12.1 Å². The van der Waals surface area contributed by atoms with Crippen LogP contribution in [0.15, 0.2) is 24.3 Å². The van der Waals surface area contributed by atoms with Gasteiger partial charge in [0.15, 0.2) is 0 Å². The van der Waals surface area contributed by atoms with Crippen LogP contribution in [-0.4, -0.2) is 44.9 Å². The van der Waals surface area contributed by atoms with Gasteiger partial charge in [-0.05, 0) is 24.7 Å². The van der Waals surface area contributed by atoms with E-state index in [4.69, 9.17) is 15.3 Å². The lowest BCUT2D eigenvalue weighted by molar-refractivity contribution is -0.0393. The molecule has 5 nitrogen and oxygen atoms in total. The zero-order chi connectivity index (χ0) is 13.0. The second kappa shape index (κ2) is 6.15. The SMILES string of the molecule is COc1ccc(C(NN)C2CN(C)CCO2)cc1. The first-order chi connectivity index (χ1) is 8.74. The zero-order valence-corrected chi connectivity index (χ0v) is 10.9. The van der Waals surface area contributed by atoms with Crippen LogP contribution < -0.4 is 16.0 Å². The van der Waals surface area contributed by atoms with E-state index in [0.29, 0.717) is 0 Å². The third-order valence-electron chi connectivity index (χ3n) is 3.32.